The molecular formula is C40H54O12. The number of methoxy groups -OCH3 is 2. The predicted octanol–water partition coefficient (Wildman–Crippen LogP) is 6.64. The molecule has 0 bridgehead atoms. The maximum Gasteiger partial charge on any atom is 0.347 e. The molecule has 0 fully saturated rings. The van der Waals surface area contributed by atoms with Crippen LogP contribution in [0.4, 0.5) is 0 Å². The third-order valence-corrected chi connectivity index (χ3v) is 7.40. The monoisotopic (exact) mass is 726 g/mol. The Labute approximate surface area is 307 Å². The van der Waals surface area contributed by atoms with E-state index in [-0.39, 0.29) is 31.2 Å². The molecule has 0 heterocycles. The lowest BCUT2D eigenvalue weighted by molar-refractivity contribution is -0.176. The zero-order valence-corrected chi connectivity index (χ0v) is 32.1. The first-order chi connectivity index (χ1) is 24.2. The fourth-order valence-corrected chi connectivity index (χ4v) is 4.19. The van der Waals surface area contributed by atoms with E-state index in [1.165, 1.54) is 35.0 Å². The van der Waals surface area contributed by atoms with Crippen LogP contribution in [0.5, 0.6) is 0 Å². The summed E-state index contributed by atoms with van der Waals surface area (Å²) in [4.78, 5) is 69.7. The van der Waals surface area contributed by atoms with Gasteiger partial charge >= 0.3 is 35.8 Å². The van der Waals surface area contributed by atoms with E-state index >= 15 is 0 Å². The van der Waals surface area contributed by atoms with Crippen LogP contribution in [0.25, 0.3) is 0 Å². The average Bonchev–Trinajstić information content (AvgIpc) is 3.12. The molecule has 0 aliphatic rings. The van der Waals surface area contributed by atoms with Crippen LogP contribution in [0.3, 0.4) is 0 Å². The minimum absolute atomic E-state index is 0.113. The second-order valence-corrected chi connectivity index (χ2v) is 12.8. The normalized spacial score (nSPS) is 12.6. The van der Waals surface area contributed by atoms with Gasteiger partial charge in [-0.3, -0.25) is 9.59 Å². The molecule has 0 radical (unpaired) electrons. The van der Waals surface area contributed by atoms with Crippen molar-refractivity contribution < 1.29 is 57.2 Å². The van der Waals surface area contributed by atoms with E-state index in [9.17, 15) is 28.8 Å². The zero-order valence-electron chi connectivity index (χ0n) is 32.1. The summed E-state index contributed by atoms with van der Waals surface area (Å²) in [6.07, 6.45) is -1.27. The third-order valence-electron chi connectivity index (χ3n) is 7.40. The smallest absolute Gasteiger partial charge is 0.347 e. The molecule has 12 nitrogen and oxygen atoms in total. The molecule has 0 saturated heterocycles. The van der Waals surface area contributed by atoms with Crippen molar-refractivity contribution in [3.8, 4) is 0 Å². The average molecular weight is 727 g/mol. The molecule has 0 N–H and O–H groups in total. The standard InChI is InChI=1S/C21H30O6.C14H16O4.C5H8O2/c1-7-21(5,14-20(3,4)18(23)25-6)19(24)27-15(2)17(22)26-13-16-11-9-8-10-12-16;1-10(2)13(15)18-11(3)14(16)17-9-12-7-5-4-6-8-12;1-4(2)5(6)7-3/h8-12,15H,7,13-14H2,1-6H3;4-8,11H,1,9H2,2-3H3;1H2,2-3H3/t15-,21?;11-;/m00./s1. The summed E-state index contributed by atoms with van der Waals surface area (Å²) < 4.78 is 29.5. The zero-order chi connectivity index (χ0) is 40.1. The highest BCUT2D eigenvalue weighted by molar-refractivity contribution is 5.89. The molecule has 2 rings (SSSR count). The van der Waals surface area contributed by atoms with Crippen LogP contribution in [0, 0.1) is 10.8 Å². The van der Waals surface area contributed by atoms with E-state index in [1.54, 1.807) is 27.7 Å². The molecule has 1 unspecified atom stereocenters. The molecule has 52 heavy (non-hydrogen) atoms. The Balaban J connectivity index is 0.000000889. The highest BCUT2D eigenvalue weighted by Gasteiger charge is 2.43. The van der Waals surface area contributed by atoms with Crippen molar-refractivity contribution in [1.82, 2.24) is 0 Å². The summed E-state index contributed by atoms with van der Waals surface area (Å²) in [6.45, 7) is 20.1. The molecule has 12 heteroatoms. The van der Waals surface area contributed by atoms with Crippen molar-refractivity contribution in [2.45, 2.75) is 93.7 Å². The van der Waals surface area contributed by atoms with Gasteiger partial charge in [0.15, 0.2) is 12.2 Å². The SMILES string of the molecule is C=C(C)C(=O)OC.C=C(C)C(=O)O[C@@H](C)C(=O)OCc1ccccc1.CCC(C)(CC(C)(C)C(=O)OC)C(=O)O[C@@H](C)C(=O)OCc1ccccc1. The van der Waals surface area contributed by atoms with Crippen LogP contribution in [0.2, 0.25) is 0 Å². The first-order valence-corrected chi connectivity index (χ1v) is 16.6. The minimum atomic E-state index is -1.03. The van der Waals surface area contributed by atoms with Crippen LogP contribution < -0.4 is 0 Å². The lowest BCUT2D eigenvalue weighted by Gasteiger charge is -2.33. The van der Waals surface area contributed by atoms with E-state index in [1.807, 2.05) is 67.6 Å². The quantitative estimate of drug-likeness (QED) is 0.110. The Morgan fingerprint density at radius 3 is 1.37 bits per heavy atom. The number of hydrogen-bond donors (Lipinski definition) is 0. The molecule has 0 aliphatic heterocycles. The number of carbonyl (C=O) groups is 6. The van der Waals surface area contributed by atoms with Gasteiger partial charge in [0.1, 0.15) is 13.2 Å². The summed E-state index contributed by atoms with van der Waals surface area (Å²) in [5.74, 6) is -3.07. The van der Waals surface area contributed by atoms with Gasteiger partial charge in [-0.25, -0.2) is 19.2 Å². The lowest BCUT2D eigenvalue weighted by atomic mass is 9.72. The lowest BCUT2D eigenvalue weighted by Crippen LogP contribution is -2.40. The molecule has 0 aliphatic carbocycles. The van der Waals surface area contributed by atoms with Crippen molar-refractivity contribution in [2.24, 2.45) is 10.8 Å². The molecule has 0 amide bonds. The second-order valence-electron chi connectivity index (χ2n) is 12.8. The van der Waals surface area contributed by atoms with Gasteiger partial charge in [0.25, 0.3) is 0 Å². The predicted molar refractivity (Wildman–Crippen MR) is 194 cm³/mol. The molecule has 0 spiro atoms. The van der Waals surface area contributed by atoms with Gasteiger partial charge in [-0.2, -0.15) is 0 Å². The van der Waals surface area contributed by atoms with Crippen molar-refractivity contribution >= 4 is 35.8 Å². The molecule has 286 valence electrons. The Morgan fingerprint density at radius 2 is 1.04 bits per heavy atom. The summed E-state index contributed by atoms with van der Waals surface area (Å²) in [7, 11) is 2.65. The summed E-state index contributed by atoms with van der Waals surface area (Å²) in [5, 5.41) is 0. The highest BCUT2D eigenvalue weighted by atomic mass is 16.6. The van der Waals surface area contributed by atoms with Crippen LogP contribution >= 0.6 is 0 Å². The Hall–Kier alpha value is -5.26. The van der Waals surface area contributed by atoms with E-state index in [0.29, 0.717) is 12.0 Å². The number of rotatable bonds is 15. The van der Waals surface area contributed by atoms with Gasteiger partial charge in [-0.05, 0) is 72.4 Å². The summed E-state index contributed by atoms with van der Waals surface area (Å²) in [5.41, 5.74) is 0.633. The topological polar surface area (TPSA) is 158 Å². The molecular weight excluding hydrogens is 672 g/mol. The van der Waals surface area contributed by atoms with Gasteiger partial charge in [0, 0.05) is 11.1 Å². The molecule has 2 aromatic carbocycles. The van der Waals surface area contributed by atoms with Crippen LogP contribution in [0.15, 0.2) is 85.0 Å². The first-order valence-electron chi connectivity index (χ1n) is 16.6. The van der Waals surface area contributed by atoms with Crippen LogP contribution in [-0.4, -0.2) is 62.2 Å². The minimum Gasteiger partial charge on any atom is -0.469 e. The van der Waals surface area contributed by atoms with E-state index < -0.39 is 52.9 Å². The maximum atomic E-state index is 12.7. The van der Waals surface area contributed by atoms with Gasteiger partial charge < -0.3 is 28.4 Å². The first kappa shape index (κ1) is 46.7. The molecule has 0 aromatic heterocycles. The number of hydrogen-bond acceptors (Lipinski definition) is 12. The van der Waals surface area contributed by atoms with Gasteiger partial charge in [0.2, 0.25) is 0 Å². The van der Waals surface area contributed by atoms with Gasteiger partial charge in [0.05, 0.1) is 25.0 Å². The van der Waals surface area contributed by atoms with Crippen LogP contribution in [0.1, 0.15) is 79.4 Å². The Kier molecular flexibility index (Phi) is 20.9. The van der Waals surface area contributed by atoms with Crippen molar-refractivity contribution in [1.29, 1.82) is 0 Å². The number of esters is 6. The number of ether oxygens (including phenoxy) is 6. The highest BCUT2D eigenvalue weighted by Crippen LogP contribution is 2.38. The molecule has 2 aromatic rings. The largest absolute Gasteiger partial charge is 0.469 e. The van der Waals surface area contributed by atoms with Gasteiger partial charge in [-0.1, -0.05) is 80.7 Å². The third kappa shape index (κ3) is 17.6. The Bertz CT molecular complexity index is 1500. The molecule has 3 atom stereocenters. The second kappa shape index (κ2) is 23.3. The van der Waals surface area contributed by atoms with Crippen LogP contribution in [-0.2, 0) is 70.4 Å². The summed E-state index contributed by atoms with van der Waals surface area (Å²) >= 11 is 0. The fraction of sp³-hybridized carbons (Fsp3) is 0.450. The fourth-order valence-electron chi connectivity index (χ4n) is 4.19. The number of carbonyl (C=O) groups excluding carboxylic acids is 6. The van der Waals surface area contributed by atoms with Crippen molar-refractivity contribution in [2.75, 3.05) is 14.2 Å². The Morgan fingerprint density at radius 1 is 0.635 bits per heavy atom. The van der Waals surface area contributed by atoms with E-state index in [2.05, 4.69) is 17.9 Å². The molecule has 0 saturated carbocycles. The van der Waals surface area contributed by atoms with E-state index in [4.69, 9.17) is 23.7 Å². The van der Waals surface area contributed by atoms with Crippen molar-refractivity contribution in [3.63, 3.8) is 0 Å². The van der Waals surface area contributed by atoms with Gasteiger partial charge in [-0.15, -0.1) is 0 Å². The van der Waals surface area contributed by atoms with E-state index in [0.717, 1.165) is 11.1 Å². The number of benzene rings is 2. The maximum absolute atomic E-state index is 12.7. The summed E-state index contributed by atoms with van der Waals surface area (Å²) in [6, 6.07) is 18.5. The van der Waals surface area contributed by atoms with Crippen molar-refractivity contribution in [3.05, 3.63) is 96.1 Å².